The molecule has 2 aliphatic rings. The number of piperidine rings is 1. The lowest BCUT2D eigenvalue weighted by molar-refractivity contribution is -0.126. The topological polar surface area (TPSA) is 58.6 Å². The zero-order valence-corrected chi connectivity index (χ0v) is 17.0. The molecule has 5 nitrogen and oxygen atoms in total. The molecule has 2 amide bonds. The van der Waals surface area contributed by atoms with E-state index in [2.05, 4.69) is 5.32 Å². The van der Waals surface area contributed by atoms with Crippen LogP contribution in [0.2, 0.25) is 0 Å². The van der Waals surface area contributed by atoms with Gasteiger partial charge in [0.15, 0.2) is 0 Å². The lowest BCUT2D eigenvalue weighted by Crippen LogP contribution is -2.44. The highest BCUT2D eigenvalue weighted by atomic mass is 19.1. The largest absolute Gasteiger partial charge is 0.445 e. The van der Waals surface area contributed by atoms with Gasteiger partial charge in [0.2, 0.25) is 5.91 Å². The van der Waals surface area contributed by atoms with Crippen LogP contribution < -0.4 is 5.32 Å². The molecule has 6 heteroatoms. The summed E-state index contributed by atoms with van der Waals surface area (Å²) in [5.74, 6) is -0.291. The number of amides is 2. The molecule has 0 atom stereocenters. The molecule has 4 rings (SSSR count). The van der Waals surface area contributed by atoms with Crippen LogP contribution >= 0.6 is 0 Å². The van der Waals surface area contributed by atoms with Crippen LogP contribution in [-0.4, -0.2) is 36.5 Å². The molecule has 0 spiro atoms. The van der Waals surface area contributed by atoms with Crippen LogP contribution in [0.1, 0.15) is 36.8 Å². The zero-order chi connectivity index (χ0) is 21.0. The maximum Gasteiger partial charge on any atom is 0.410 e. The van der Waals surface area contributed by atoms with Crippen molar-refractivity contribution in [1.82, 2.24) is 10.2 Å². The van der Waals surface area contributed by atoms with Gasteiger partial charge in [-0.15, -0.1) is 0 Å². The van der Waals surface area contributed by atoms with Crippen molar-refractivity contribution in [2.75, 3.05) is 19.6 Å². The summed E-state index contributed by atoms with van der Waals surface area (Å²) in [6.45, 7) is 1.88. The molecular weight excluding hydrogens is 383 g/mol. The number of halogens is 1. The van der Waals surface area contributed by atoms with E-state index in [1.54, 1.807) is 4.90 Å². The molecule has 2 fully saturated rings. The predicted molar refractivity (Wildman–Crippen MR) is 111 cm³/mol. The van der Waals surface area contributed by atoms with Gasteiger partial charge < -0.3 is 15.0 Å². The molecule has 1 aliphatic heterocycles. The van der Waals surface area contributed by atoms with Crippen LogP contribution in [0.15, 0.2) is 54.6 Å². The summed E-state index contributed by atoms with van der Waals surface area (Å²) in [6.07, 6.45) is 2.95. The molecule has 2 aromatic rings. The number of ether oxygens (including phenoxy) is 1. The molecule has 0 bridgehead atoms. The third-order valence-corrected chi connectivity index (χ3v) is 6.24. The SMILES string of the molecule is O=C(NCC1(c2ccc(F)cc2)CC1)C1CCN(C(=O)OCc2ccccc2)CC1. The van der Waals surface area contributed by atoms with E-state index in [1.807, 2.05) is 42.5 Å². The molecule has 1 saturated heterocycles. The van der Waals surface area contributed by atoms with Gasteiger partial charge in [0.05, 0.1) is 0 Å². The Labute approximate surface area is 176 Å². The summed E-state index contributed by atoms with van der Waals surface area (Å²) in [7, 11) is 0. The Morgan fingerprint density at radius 2 is 1.70 bits per heavy atom. The van der Waals surface area contributed by atoms with Crippen molar-refractivity contribution >= 4 is 12.0 Å². The van der Waals surface area contributed by atoms with Crippen LogP contribution in [0.4, 0.5) is 9.18 Å². The average molecular weight is 410 g/mol. The molecule has 30 heavy (non-hydrogen) atoms. The van der Waals surface area contributed by atoms with Crippen LogP contribution in [0.3, 0.4) is 0 Å². The third kappa shape index (κ3) is 4.81. The maximum absolute atomic E-state index is 13.2. The second kappa shape index (κ2) is 8.86. The first kappa shape index (κ1) is 20.4. The fourth-order valence-electron chi connectivity index (χ4n) is 4.06. The number of hydrogen-bond donors (Lipinski definition) is 1. The van der Waals surface area contributed by atoms with Crippen LogP contribution in [0.25, 0.3) is 0 Å². The van der Waals surface area contributed by atoms with Gasteiger partial charge in [-0.2, -0.15) is 0 Å². The zero-order valence-electron chi connectivity index (χ0n) is 17.0. The highest BCUT2D eigenvalue weighted by Gasteiger charge is 2.44. The van der Waals surface area contributed by atoms with E-state index >= 15 is 0 Å². The Morgan fingerprint density at radius 3 is 2.33 bits per heavy atom. The van der Waals surface area contributed by atoms with E-state index in [-0.39, 0.29) is 35.8 Å². The van der Waals surface area contributed by atoms with Crippen LogP contribution in [0.5, 0.6) is 0 Å². The number of nitrogens with zero attached hydrogens (tertiary/aromatic N) is 1. The van der Waals surface area contributed by atoms with Crippen molar-refractivity contribution in [3.8, 4) is 0 Å². The number of likely N-dealkylation sites (tertiary alicyclic amines) is 1. The predicted octanol–water partition coefficient (Wildman–Crippen LogP) is 4.02. The van der Waals surface area contributed by atoms with E-state index in [9.17, 15) is 14.0 Å². The van der Waals surface area contributed by atoms with Crippen molar-refractivity contribution in [1.29, 1.82) is 0 Å². The maximum atomic E-state index is 13.2. The second-order valence-electron chi connectivity index (χ2n) is 8.31. The molecule has 0 radical (unpaired) electrons. The van der Waals surface area contributed by atoms with E-state index < -0.39 is 0 Å². The molecule has 1 aliphatic carbocycles. The van der Waals surface area contributed by atoms with Crippen molar-refractivity contribution in [2.24, 2.45) is 5.92 Å². The minimum Gasteiger partial charge on any atom is -0.445 e. The smallest absolute Gasteiger partial charge is 0.410 e. The molecule has 1 N–H and O–H groups in total. The van der Waals surface area contributed by atoms with Crippen LogP contribution in [-0.2, 0) is 21.6 Å². The van der Waals surface area contributed by atoms with Crippen molar-refractivity contribution in [2.45, 2.75) is 37.7 Å². The third-order valence-electron chi connectivity index (χ3n) is 6.24. The Hall–Kier alpha value is -2.89. The number of benzene rings is 2. The van der Waals surface area contributed by atoms with E-state index in [1.165, 1.54) is 12.1 Å². The molecule has 1 heterocycles. The summed E-state index contributed by atoms with van der Waals surface area (Å²) in [5.41, 5.74) is 1.99. The summed E-state index contributed by atoms with van der Waals surface area (Å²) < 4.78 is 18.5. The average Bonchev–Trinajstić information content (AvgIpc) is 3.58. The van der Waals surface area contributed by atoms with Gasteiger partial charge in [0.1, 0.15) is 12.4 Å². The molecule has 1 saturated carbocycles. The first-order valence-electron chi connectivity index (χ1n) is 10.6. The Balaban J connectivity index is 1.21. The van der Waals surface area contributed by atoms with Crippen molar-refractivity contribution < 1.29 is 18.7 Å². The molecule has 158 valence electrons. The van der Waals surface area contributed by atoms with Gasteiger partial charge in [0.25, 0.3) is 0 Å². The Bertz CT molecular complexity index is 873. The summed E-state index contributed by atoms with van der Waals surface area (Å²) in [5, 5.41) is 3.09. The first-order chi connectivity index (χ1) is 14.6. The van der Waals surface area contributed by atoms with Gasteiger partial charge in [-0.25, -0.2) is 9.18 Å². The van der Waals surface area contributed by atoms with Gasteiger partial charge in [0, 0.05) is 31.0 Å². The molecule has 2 aromatic carbocycles. The summed E-state index contributed by atoms with van der Waals surface area (Å²) >= 11 is 0. The number of nitrogens with one attached hydrogen (secondary N) is 1. The fraction of sp³-hybridized carbons (Fsp3) is 0.417. The number of hydrogen-bond acceptors (Lipinski definition) is 3. The van der Waals surface area contributed by atoms with Gasteiger partial charge in [-0.3, -0.25) is 4.79 Å². The highest BCUT2D eigenvalue weighted by molar-refractivity contribution is 5.79. The quantitative estimate of drug-likeness (QED) is 0.783. The lowest BCUT2D eigenvalue weighted by atomic mass is 9.93. The normalized spacial score (nSPS) is 18.0. The van der Waals surface area contributed by atoms with Gasteiger partial charge in [-0.1, -0.05) is 42.5 Å². The Kier molecular flexibility index (Phi) is 6.02. The number of carbonyl (C=O) groups is 2. The second-order valence-corrected chi connectivity index (χ2v) is 8.31. The number of rotatable bonds is 6. The minimum atomic E-state index is -0.328. The fourth-order valence-corrected chi connectivity index (χ4v) is 4.06. The monoisotopic (exact) mass is 410 g/mol. The molecule has 0 aromatic heterocycles. The minimum absolute atomic E-state index is 0.0423. The van der Waals surface area contributed by atoms with E-state index in [0.29, 0.717) is 32.5 Å². The highest BCUT2D eigenvalue weighted by Crippen LogP contribution is 2.47. The summed E-state index contributed by atoms with van der Waals surface area (Å²) in [6, 6.07) is 16.2. The van der Waals surface area contributed by atoms with Gasteiger partial charge >= 0.3 is 6.09 Å². The van der Waals surface area contributed by atoms with Crippen molar-refractivity contribution in [3.05, 3.63) is 71.5 Å². The summed E-state index contributed by atoms with van der Waals surface area (Å²) in [4.78, 5) is 26.6. The van der Waals surface area contributed by atoms with Crippen LogP contribution in [0, 0.1) is 11.7 Å². The van der Waals surface area contributed by atoms with E-state index in [4.69, 9.17) is 4.74 Å². The first-order valence-corrected chi connectivity index (χ1v) is 10.6. The number of carbonyl (C=O) groups excluding carboxylic acids is 2. The lowest BCUT2D eigenvalue weighted by Gasteiger charge is -2.31. The molecular formula is C24H27FN2O3. The Morgan fingerprint density at radius 1 is 1.03 bits per heavy atom. The van der Waals surface area contributed by atoms with E-state index in [0.717, 1.165) is 24.0 Å². The molecule has 0 unspecified atom stereocenters. The van der Waals surface area contributed by atoms with Crippen molar-refractivity contribution in [3.63, 3.8) is 0 Å². The standard InChI is InChI=1S/C24H27FN2O3/c25-21-8-6-20(7-9-21)24(12-13-24)17-26-22(28)19-10-14-27(15-11-19)23(29)30-16-18-4-2-1-3-5-18/h1-9,19H,10-17H2,(H,26,28). The van der Waals surface area contributed by atoms with Gasteiger partial charge in [-0.05, 0) is 48.9 Å².